The van der Waals surface area contributed by atoms with Crippen LogP contribution in [-0.2, 0) is 0 Å². The van der Waals surface area contributed by atoms with Gasteiger partial charge in [-0.05, 0) is 24.6 Å². The standard InChI is InChI=1S/C16H15N3O2/c1-12(13-8-4-2-5-9-13)18-15(20)17-16(21)19(18)14-10-6-3-7-11-14/h2-12H,1H3,(H,17,20,21)/t12-/m1/s1. The quantitative estimate of drug-likeness (QED) is 0.797. The molecule has 1 N–H and O–H groups in total. The number of hydrogen-bond donors (Lipinski definition) is 1. The minimum absolute atomic E-state index is 0.252. The number of hydrogen-bond acceptors (Lipinski definition) is 2. The Bertz CT molecular complexity index is 844. The molecule has 5 heteroatoms. The first-order valence-corrected chi connectivity index (χ1v) is 6.72. The Hall–Kier alpha value is -2.82. The molecule has 0 bridgehead atoms. The Labute approximate surface area is 121 Å². The van der Waals surface area contributed by atoms with Crippen LogP contribution in [0, 0.1) is 0 Å². The lowest BCUT2D eigenvalue weighted by molar-refractivity contribution is 0.488. The minimum Gasteiger partial charge on any atom is -0.256 e. The Balaban J connectivity index is 2.20. The second-order valence-corrected chi connectivity index (χ2v) is 4.81. The zero-order chi connectivity index (χ0) is 14.8. The van der Waals surface area contributed by atoms with Crippen LogP contribution in [0.1, 0.15) is 18.5 Å². The van der Waals surface area contributed by atoms with Gasteiger partial charge in [-0.15, -0.1) is 0 Å². The SMILES string of the molecule is C[C@H](c1ccccc1)n1c(=O)[nH]c(=O)n1-c1ccccc1. The fourth-order valence-corrected chi connectivity index (χ4v) is 2.42. The highest BCUT2D eigenvalue weighted by molar-refractivity contribution is 5.30. The van der Waals surface area contributed by atoms with Crippen molar-refractivity contribution in [3.63, 3.8) is 0 Å². The monoisotopic (exact) mass is 281 g/mol. The average Bonchev–Trinajstić information content (AvgIpc) is 2.82. The van der Waals surface area contributed by atoms with Crippen LogP contribution in [0.2, 0.25) is 0 Å². The summed E-state index contributed by atoms with van der Waals surface area (Å²) in [5, 5.41) is 0. The molecule has 3 rings (SSSR count). The molecule has 0 fully saturated rings. The van der Waals surface area contributed by atoms with Crippen molar-refractivity contribution >= 4 is 0 Å². The summed E-state index contributed by atoms with van der Waals surface area (Å²) in [5.41, 5.74) is 0.765. The van der Waals surface area contributed by atoms with Crippen LogP contribution in [-0.4, -0.2) is 14.3 Å². The molecule has 3 aromatic rings. The predicted octanol–water partition coefficient (Wildman–Crippen LogP) is 1.94. The van der Waals surface area contributed by atoms with E-state index in [0.717, 1.165) is 5.56 Å². The van der Waals surface area contributed by atoms with Crippen LogP contribution in [0.5, 0.6) is 0 Å². The van der Waals surface area contributed by atoms with Crippen LogP contribution >= 0.6 is 0 Å². The third-order valence-corrected chi connectivity index (χ3v) is 3.48. The van der Waals surface area contributed by atoms with E-state index in [1.165, 1.54) is 9.36 Å². The van der Waals surface area contributed by atoms with Gasteiger partial charge in [-0.1, -0.05) is 48.5 Å². The molecule has 5 nitrogen and oxygen atoms in total. The number of aromatic nitrogens is 3. The average molecular weight is 281 g/mol. The van der Waals surface area contributed by atoms with Gasteiger partial charge in [0.25, 0.3) is 0 Å². The van der Waals surface area contributed by atoms with E-state index in [9.17, 15) is 9.59 Å². The van der Waals surface area contributed by atoms with Crippen molar-refractivity contribution in [1.29, 1.82) is 0 Å². The molecule has 106 valence electrons. The van der Waals surface area contributed by atoms with Gasteiger partial charge in [0.2, 0.25) is 0 Å². The lowest BCUT2D eigenvalue weighted by Gasteiger charge is -2.17. The van der Waals surface area contributed by atoms with Gasteiger partial charge < -0.3 is 0 Å². The Morgan fingerprint density at radius 3 is 2.05 bits per heavy atom. The molecule has 0 saturated heterocycles. The van der Waals surface area contributed by atoms with Crippen molar-refractivity contribution in [2.45, 2.75) is 13.0 Å². The molecule has 1 atom stereocenters. The smallest absolute Gasteiger partial charge is 0.256 e. The number of para-hydroxylation sites is 1. The normalized spacial score (nSPS) is 12.2. The van der Waals surface area contributed by atoms with E-state index in [-0.39, 0.29) is 6.04 Å². The number of aromatic amines is 1. The molecule has 1 aromatic heterocycles. The molecule has 0 aliphatic heterocycles. The molecule has 0 amide bonds. The van der Waals surface area contributed by atoms with Crippen LogP contribution in [0.3, 0.4) is 0 Å². The maximum absolute atomic E-state index is 12.1. The molecule has 0 radical (unpaired) electrons. The van der Waals surface area contributed by atoms with Gasteiger partial charge >= 0.3 is 11.4 Å². The Kier molecular flexibility index (Phi) is 3.31. The number of rotatable bonds is 3. The van der Waals surface area contributed by atoms with Gasteiger partial charge in [-0.25, -0.2) is 14.3 Å². The van der Waals surface area contributed by atoms with Crippen molar-refractivity contribution in [2.24, 2.45) is 0 Å². The van der Waals surface area contributed by atoms with E-state index < -0.39 is 11.4 Å². The van der Waals surface area contributed by atoms with Crippen LogP contribution in [0.25, 0.3) is 5.69 Å². The summed E-state index contributed by atoms with van der Waals surface area (Å²) < 4.78 is 2.81. The second-order valence-electron chi connectivity index (χ2n) is 4.81. The van der Waals surface area contributed by atoms with Gasteiger partial charge in [0.05, 0.1) is 11.7 Å². The van der Waals surface area contributed by atoms with E-state index in [2.05, 4.69) is 4.98 Å². The number of H-pyrrole nitrogens is 1. The van der Waals surface area contributed by atoms with Crippen molar-refractivity contribution in [3.8, 4) is 5.69 Å². The molecule has 0 saturated carbocycles. The molecule has 21 heavy (non-hydrogen) atoms. The largest absolute Gasteiger partial charge is 0.349 e. The van der Waals surface area contributed by atoms with Crippen molar-refractivity contribution in [3.05, 3.63) is 87.2 Å². The van der Waals surface area contributed by atoms with Gasteiger partial charge in [0.1, 0.15) is 0 Å². The van der Waals surface area contributed by atoms with Crippen molar-refractivity contribution < 1.29 is 0 Å². The summed E-state index contributed by atoms with van der Waals surface area (Å²) in [6, 6.07) is 18.5. The first kappa shape index (κ1) is 13.2. The van der Waals surface area contributed by atoms with Gasteiger partial charge in [-0.2, -0.15) is 4.68 Å². The zero-order valence-corrected chi connectivity index (χ0v) is 11.6. The molecular formula is C16H15N3O2. The van der Waals surface area contributed by atoms with Crippen molar-refractivity contribution in [1.82, 2.24) is 14.3 Å². The summed E-state index contributed by atoms with van der Waals surface area (Å²) in [6.45, 7) is 1.89. The van der Waals surface area contributed by atoms with Crippen molar-refractivity contribution in [2.75, 3.05) is 0 Å². The van der Waals surface area contributed by atoms with Gasteiger partial charge in [0.15, 0.2) is 0 Å². The highest BCUT2D eigenvalue weighted by Crippen LogP contribution is 2.16. The third kappa shape index (κ3) is 2.33. The topological polar surface area (TPSA) is 59.8 Å². The van der Waals surface area contributed by atoms with Gasteiger partial charge in [-0.3, -0.25) is 4.98 Å². The molecule has 2 aromatic carbocycles. The van der Waals surface area contributed by atoms with Crippen LogP contribution in [0.4, 0.5) is 0 Å². The second kappa shape index (κ2) is 5.28. The molecule has 1 heterocycles. The summed E-state index contributed by atoms with van der Waals surface area (Å²) in [5.74, 6) is 0. The fraction of sp³-hybridized carbons (Fsp3) is 0.125. The van der Waals surface area contributed by atoms with E-state index in [0.29, 0.717) is 5.69 Å². The first-order chi connectivity index (χ1) is 10.2. The lowest BCUT2D eigenvalue weighted by Crippen LogP contribution is -2.28. The molecular weight excluding hydrogens is 266 g/mol. The van der Waals surface area contributed by atoms with E-state index in [4.69, 9.17) is 0 Å². The van der Waals surface area contributed by atoms with E-state index >= 15 is 0 Å². The van der Waals surface area contributed by atoms with E-state index in [1.54, 1.807) is 12.1 Å². The summed E-state index contributed by atoms with van der Waals surface area (Å²) in [4.78, 5) is 26.6. The highest BCUT2D eigenvalue weighted by Gasteiger charge is 2.17. The van der Waals surface area contributed by atoms with Crippen LogP contribution < -0.4 is 11.4 Å². The maximum Gasteiger partial charge on any atom is 0.349 e. The maximum atomic E-state index is 12.1. The van der Waals surface area contributed by atoms with Crippen LogP contribution in [0.15, 0.2) is 70.3 Å². The zero-order valence-electron chi connectivity index (χ0n) is 11.6. The summed E-state index contributed by atoms with van der Waals surface area (Å²) in [6.07, 6.45) is 0. The Morgan fingerprint density at radius 2 is 1.43 bits per heavy atom. The first-order valence-electron chi connectivity index (χ1n) is 6.72. The lowest BCUT2D eigenvalue weighted by atomic mass is 10.1. The molecule has 0 aliphatic carbocycles. The third-order valence-electron chi connectivity index (χ3n) is 3.48. The number of nitrogens with zero attached hydrogens (tertiary/aromatic N) is 2. The molecule has 0 unspecified atom stereocenters. The van der Waals surface area contributed by atoms with E-state index in [1.807, 2.05) is 55.5 Å². The molecule has 0 spiro atoms. The predicted molar refractivity (Wildman–Crippen MR) is 80.9 cm³/mol. The Morgan fingerprint density at radius 1 is 0.857 bits per heavy atom. The fourth-order valence-electron chi connectivity index (χ4n) is 2.42. The molecule has 0 aliphatic rings. The van der Waals surface area contributed by atoms with Gasteiger partial charge in [0, 0.05) is 0 Å². The summed E-state index contributed by atoms with van der Waals surface area (Å²) in [7, 11) is 0. The summed E-state index contributed by atoms with van der Waals surface area (Å²) >= 11 is 0. The number of benzene rings is 2. The number of nitrogens with one attached hydrogen (secondary N) is 1. The minimum atomic E-state index is -0.436. The highest BCUT2D eigenvalue weighted by atomic mass is 16.2.